The molecule has 3 amide bonds. The molecule has 1 aromatic heterocycles. The number of carbonyl (C=O) groups excluding carboxylic acids is 3. The highest BCUT2D eigenvalue weighted by atomic mass is 35.5. The summed E-state index contributed by atoms with van der Waals surface area (Å²) in [6.07, 6.45) is 1.57. The van der Waals surface area contributed by atoms with Gasteiger partial charge in [0.15, 0.2) is 0 Å². The molecule has 2 aromatic carbocycles. The third-order valence-corrected chi connectivity index (χ3v) is 5.57. The largest absolute Gasteiger partial charge is 0.467 e. The molecule has 0 bridgehead atoms. The van der Waals surface area contributed by atoms with E-state index in [1.54, 1.807) is 48.5 Å². The van der Waals surface area contributed by atoms with Gasteiger partial charge in [0.2, 0.25) is 17.7 Å². The van der Waals surface area contributed by atoms with Crippen molar-refractivity contribution in [3.63, 3.8) is 0 Å². The Balaban J connectivity index is 1.49. The predicted molar refractivity (Wildman–Crippen MR) is 121 cm³/mol. The smallest absolute Gasteiger partial charge is 0.244 e. The first-order valence-electron chi connectivity index (χ1n) is 10.2. The van der Waals surface area contributed by atoms with Crippen molar-refractivity contribution in [1.82, 2.24) is 4.90 Å². The first-order chi connectivity index (χ1) is 15.5. The lowest BCUT2D eigenvalue weighted by atomic mass is 10.1. The van der Waals surface area contributed by atoms with Gasteiger partial charge in [-0.25, -0.2) is 0 Å². The van der Waals surface area contributed by atoms with Gasteiger partial charge >= 0.3 is 0 Å². The molecule has 32 heavy (non-hydrogen) atoms. The van der Waals surface area contributed by atoms with Crippen molar-refractivity contribution in [3.05, 3.63) is 83.8 Å². The fraction of sp³-hybridized carbons (Fsp3) is 0.208. The molecule has 1 unspecified atom stereocenters. The number of anilines is 2. The SMILES string of the molecule is O=C(CN(Cc1ccco1)C(=O)C1CC(=O)N(c2ccccc2Cl)C1)Nc1ccccc1. The van der Waals surface area contributed by atoms with Gasteiger partial charge in [-0.1, -0.05) is 41.9 Å². The predicted octanol–water partition coefficient (Wildman–Crippen LogP) is 3.95. The number of benzene rings is 2. The number of carbonyl (C=O) groups is 3. The number of hydrogen-bond acceptors (Lipinski definition) is 4. The zero-order valence-corrected chi connectivity index (χ0v) is 18.0. The van der Waals surface area contributed by atoms with Gasteiger partial charge in [0, 0.05) is 18.7 Å². The number of rotatable bonds is 7. The summed E-state index contributed by atoms with van der Waals surface area (Å²) in [7, 11) is 0. The number of furan rings is 1. The van der Waals surface area contributed by atoms with Crippen LogP contribution in [0.4, 0.5) is 11.4 Å². The zero-order chi connectivity index (χ0) is 22.5. The van der Waals surface area contributed by atoms with E-state index in [-0.39, 0.29) is 43.8 Å². The number of nitrogens with zero attached hydrogens (tertiary/aromatic N) is 2. The molecule has 0 aliphatic carbocycles. The van der Waals surface area contributed by atoms with Crippen molar-refractivity contribution in [2.45, 2.75) is 13.0 Å². The van der Waals surface area contributed by atoms with Crippen molar-refractivity contribution in [3.8, 4) is 0 Å². The summed E-state index contributed by atoms with van der Waals surface area (Å²) in [5, 5.41) is 3.24. The van der Waals surface area contributed by atoms with Crippen LogP contribution in [-0.4, -0.2) is 35.7 Å². The molecule has 3 aromatic rings. The Hall–Kier alpha value is -3.58. The lowest BCUT2D eigenvalue weighted by Gasteiger charge is -2.24. The van der Waals surface area contributed by atoms with Crippen molar-refractivity contribution < 1.29 is 18.8 Å². The van der Waals surface area contributed by atoms with E-state index in [2.05, 4.69) is 5.32 Å². The second kappa shape index (κ2) is 9.70. The second-order valence-electron chi connectivity index (χ2n) is 7.54. The summed E-state index contributed by atoms with van der Waals surface area (Å²) in [6, 6.07) is 19.5. The molecule has 1 fully saturated rings. The van der Waals surface area contributed by atoms with Crippen LogP contribution in [0.2, 0.25) is 5.02 Å². The number of amides is 3. The summed E-state index contributed by atoms with van der Waals surface area (Å²) in [5.74, 6) is -0.824. The quantitative estimate of drug-likeness (QED) is 0.589. The number of hydrogen-bond donors (Lipinski definition) is 1. The van der Waals surface area contributed by atoms with Crippen LogP contribution in [0.1, 0.15) is 12.2 Å². The van der Waals surface area contributed by atoms with Crippen molar-refractivity contribution in [2.24, 2.45) is 5.92 Å². The summed E-state index contributed by atoms with van der Waals surface area (Å²) in [4.78, 5) is 41.6. The molecule has 0 spiro atoms. The first-order valence-corrected chi connectivity index (χ1v) is 10.6. The monoisotopic (exact) mass is 451 g/mol. The molecule has 1 aliphatic rings. The van der Waals surface area contributed by atoms with Crippen LogP contribution < -0.4 is 10.2 Å². The van der Waals surface area contributed by atoms with Crippen LogP contribution in [-0.2, 0) is 20.9 Å². The molecule has 1 atom stereocenters. The Morgan fingerprint density at radius 1 is 1.06 bits per heavy atom. The van der Waals surface area contributed by atoms with Gasteiger partial charge in [0.1, 0.15) is 12.3 Å². The fourth-order valence-corrected chi connectivity index (χ4v) is 3.97. The number of halogens is 1. The molecular formula is C24H22ClN3O4. The maximum Gasteiger partial charge on any atom is 0.244 e. The van der Waals surface area contributed by atoms with Crippen LogP contribution in [0.25, 0.3) is 0 Å². The molecule has 0 saturated carbocycles. The zero-order valence-electron chi connectivity index (χ0n) is 17.2. The van der Waals surface area contributed by atoms with E-state index in [9.17, 15) is 14.4 Å². The molecule has 8 heteroatoms. The highest BCUT2D eigenvalue weighted by Crippen LogP contribution is 2.31. The first kappa shape index (κ1) is 21.6. The van der Waals surface area contributed by atoms with Gasteiger partial charge in [0.25, 0.3) is 0 Å². The molecule has 1 aliphatic heterocycles. The van der Waals surface area contributed by atoms with Crippen molar-refractivity contribution in [1.29, 1.82) is 0 Å². The average molecular weight is 452 g/mol. The van der Waals surface area contributed by atoms with E-state index in [1.807, 2.05) is 18.2 Å². The normalized spacial score (nSPS) is 15.6. The third-order valence-electron chi connectivity index (χ3n) is 5.25. The van der Waals surface area contributed by atoms with Gasteiger partial charge in [0.05, 0.1) is 29.4 Å². The number of para-hydroxylation sites is 2. The topological polar surface area (TPSA) is 82.9 Å². The third kappa shape index (κ3) is 5.00. The summed E-state index contributed by atoms with van der Waals surface area (Å²) in [5.41, 5.74) is 1.22. The van der Waals surface area contributed by atoms with Crippen molar-refractivity contribution in [2.75, 3.05) is 23.3 Å². The Kier molecular flexibility index (Phi) is 6.56. The van der Waals surface area contributed by atoms with Gasteiger partial charge in [-0.3, -0.25) is 14.4 Å². The maximum absolute atomic E-state index is 13.4. The Labute approximate surface area is 190 Å². The summed E-state index contributed by atoms with van der Waals surface area (Å²) < 4.78 is 5.38. The molecule has 2 heterocycles. The molecule has 1 N–H and O–H groups in total. The Bertz CT molecular complexity index is 1100. The van der Waals surface area contributed by atoms with Crippen LogP contribution in [0, 0.1) is 5.92 Å². The lowest BCUT2D eigenvalue weighted by molar-refractivity contribution is -0.139. The van der Waals surface area contributed by atoms with E-state index >= 15 is 0 Å². The van der Waals surface area contributed by atoms with Crippen LogP contribution in [0.3, 0.4) is 0 Å². The molecule has 1 saturated heterocycles. The van der Waals surface area contributed by atoms with Crippen LogP contribution in [0.5, 0.6) is 0 Å². The Morgan fingerprint density at radius 2 is 1.81 bits per heavy atom. The summed E-state index contributed by atoms with van der Waals surface area (Å²) >= 11 is 6.25. The molecule has 7 nitrogen and oxygen atoms in total. The van der Waals surface area contributed by atoms with Crippen molar-refractivity contribution >= 4 is 40.7 Å². The van der Waals surface area contributed by atoms with Gasteiger partial charge in [-0.2, -0.15) is 0 Å². The van der Waals surface area contributed by atoms with Gasteiger partial charge in [-0.15, -0.1) is 0 Å². The van der Waals surface area contributed by atoms with Gasteiger partial charge in [-0.05, 0) is 36.4 Å². The molecule has 4 rings (SSSR count). The molecule has 0 radical (unpaired) electrons. The van der Waals surface area contributed by atoms with E-state index in [0.29, 0.717) is 22.2 Å². The average Bonchev–Trinajstić information content (AvgIpc) is 3.43. The second-order valence-corrected chi connectivity index (χ2v) is 7.95. The standard InChI is InChI=1S/C24H22ClN3O4/c25-20-10-4-5-11-21(20)28-14-17(13-23(28)30)24(31)27(15-19-9-6-12-32-19)16-22(29)26-18-7-2-1-3-8-18/h1-12,17H,13-16H2,(H,26,29). The summed E-state index contributed by atoms with van der Waals surface area (Å²) in [6.45, 7) is 0.173. The minimum atomic E-state index is -0.585. The molecular weight excluding hydrogens is 430 g/mol. The van der Waals surface area contributed by atoms with E-state index in [0.717, 1.165) is 0 Å². The highest BCUT2D eigenvalue weighted by molar-refractivity contribution is 6.33. The molecule has 164 valence electrons. The lowest BCUT2D eigenvalue weighted by Crippen LogP contribution is -2.41. The fourth-order valence-electron chi connectivity index (χ4n) is 3.73. The van der Waals surface area contributed by atoms with E-state index in [1.165, 1.54) is 16.1 Å². The maximum atomic E-state index is 13.4. The van der Waals surface area contributed by atoms with Crippen LogP contribution >= 0.6 is 11.6 Å². The van der Waals surface area contributed by atoms with Gasteiger partial charge < -0.3 is 19.5 Å². The highest BCUT2D eigenvalue weighted by Gasteiger charge is 2.38. The minimum Gasteiger partial charge on any atom is -0.467 e. The minimum absolute atomic E-state index is 0.0546. The van der Waals surface area contributed by atoms with Crippen LogP contribution in [0.15, 0.2) is 77.4 Å². The number of nitrogens with one attached hydrogen (secondary N) is 1. The van der Waals surface area contributed by atoms with E-state index in [4.69, 9.17) is 16.0 Å². The Morgan fingerprint density at radius 3 is 2.53 bits per heavy atom. The van der Waals surface area contributed by atoms with E-state index < -0.39 is 5.92 Å².